The monoisotopic (exact) mass is 508 g/mol. The Hall–Kier alpha value is -5.17. The van der Waals surface area contributed by atoms with Crippen molar-refractivity contribution in [3.05, 3.63) is 121 Å². The van der Waals surface area contributed by atoms with E-state index in [1.165, 1.54) is 0 Å². The first-order valence-electron chi connectivity index (χ1n) is 11.6. The first kappa shape index (κ1) is 25.9. The van der Waals surface area contributed by atoms with Crippen LogP contribution in [0.4, 0.5) is 0 Å². The van der Waals surface area contributed by atoms with E-state index in [-0.39, 0.29) is 13.4 Å². The summed E-state index contributed by atoms with van der Waals surface area (Å²) in [4.78, 5) is 34.9. The van der Waals surface area contributed by atoms with Gasteiger partial charge in [0.2, 0.25) is 6.79 Å². The summed E-state index contributed by atoms with van der Waals surface area (Å²) in [6.45, 7) is 6.60. The average molecular weight is 509 g/mol. The van der Waals surface area contributed by atoms with Crippen LogP contribution in [0.3, 0.4) is 0 Å². The third-order valence-electron chi connectivity index (χ3n) is 5.54. The molecule has 7 nitrogen and oxygen atoms in total. The molecule has 0 aliphatic carbocycles. The number of esters is 3. The Labute approximate surface area is 219 Å². The second-order valence-corrected chi connectivity index (χ2v) is 8.08. The van der Waals surface area contributed by atoms with Gasteiger partial charge in [-0.1, -0.05) is 55.6 Å². The molecule has 38 heavy (non-hydrogen) atoms. The maximum Gasteiger partial charge on any atom is 0.343 e. The summed E-state index contributed by atoms with van der Waals surface area (Å²) in [6.07, 6.45) is 2.18. The minimum atomic E-state index is -0.547. The zero-order chi connectivity index (χ0) is 26.9. The predicted molar refractivity (Wildman–Crippen MR) is 143 cm³/mol. The van der Waals surface area contributed by atoms with Gasteiger partial charge < -0.3 is 18.9 Å². The van der Waals surface area contributed by atoms with Crippen LogP contribution in [-0.2, 0) is 25.7 Å². The summed E-state index contributed by atoms with van der Waals surface area (Å²) in [5.74, 6) is -0.566. The quantitative estimate of drug-likeness (QED) is 0.112. The average Bonchev–Trinajstić information content (AvgIpc) is 2.96. The molecule has 0 fully saturated rings. The highest BCUT2D eigenvalue weighted by Gasteiger charge is 2.10. The van der Waals surface area contributed by atoms with Gasteiger partial charge in [0.15, 0.2) is 0 Å². The van der Waals surface area contributed by atoms with E-state index in [1.54, 1.807) is 42.5 Å². The normalized spacial score (nSPS) is 10.3. The van der Waals surface area contributed by atoms with Crippen molar-refractivity contribution in [2.45, 2.75) is 6.61 Å². The molecule has 0 atom stereocenters. The van der Waals surface area contributed by atoms with Crippen LogP contribution in [0.1, 0.15) is 15.9 Å². The molecule has 4 aromatic rings. The van der Waals surface area contributed by atoms with Crippen LogP contribution in [0.5, 0.6) is 11.5 Å². The van der Waals surface area contributed by atoms with Crippen LogP contribution >= 0.6 is 0 Å². The molecule has 0 unspecified atom stereocenters. The molecule has 0 spiro atoms. The Bertz CT molecular complexity index is 1490. The van der Waals surface area contributed by atoms with E-state index in [9.17, 15) is 14.4 Å². The molecule has 0 saturated heterocycles. The molecule has 0 aliphatic heterocycles. The lowest BCUT2D eigenvalue weighted by molar-refractivity contribution is -0.144. The molecule has 0 aliphatic rings. The molecular formula is C31H24O7. The Morgan fingerprint density at radius 2 is 1.26 bits per heavy atom. The maximum atomic E-state index is 12.6. The molecule has 0 bridgehead atoms. The molecule has 0 heterocycles. The first-order chi connectivity index (χ1) is 18.4. The van der Waals surface area contributed by atoms with E-state index in [0.717, 1.165) is 39.6 Å². The Kier molecular flexibility index (Phi) is 8.31. The fourth-order valence-electron chi connectivity index (χ4n) is 3.54. The van der Waals surface area contributed by atoms with Gasteiger partial charge in [0, 0.05) is 12.2 Å². The van der Waals surface area contributed by atoms with Gasteiger partial charge in [0.05, 0.1) is 5.56 Å². The van der Waals surface area contributed by atoms with E-state index < -0.39 is 17.9 Å². The van der Waals surface area contributed by atoms with Gasteiger partial charge in [-0.2, -0.15) is 0 Å². The minimum Gasteiger partial charge on any atom is -0.458 e. The molecule has 0 aromatic heterocycles. The number of benzene rings is 4. The van der Waals surface area contributed by atoms with Crippen molar-refractivity contribution in [1.29, 1.82) is 0 Å². The fraction of sp³-hybridized carbons (Fsp3) is 0.0645. The van der Waals surface area contributed by atoms with Crippen LogP contribution in [0.25, 0.3) is 21.9 Å². The molecular weight excluding hydrogens is 484 g/mol. The molecule has 0 saturated carbocycles. The first-order valence-corrected chi connectivity index (χ1v) is 11.6. The van der Waals surface area contributed by atoms with E-state index in [4.69, 9.17) is 18.9 Å². The van der Waals surface area contributed by atoms with Gasteiger partial charge in [-0.05, 0) is 69.9 Å². The number of carbonyl (C=O) groups excluding carboxylic acids is 3. The fourth-order valence-corrected chi connectivity index (χ4v) is 3.54. The molecule has 4 aromatic carbocycles. The SMILES string of the molecule is C=CC(=O)OCOc1ccc2cc(-c3ccc(C(=O)Oc4ccc(COC(=O)C=C)cc4)cc3)ccc2c1. The van der Waals surface area contributed by atoms with Crippen molar-refractivity contribution >= 4 is 28.7 Å². The van der Waals surface area contributed by atoms with Crippen LogP contribution in [0.15, 0.2) is 110 Å². The third-order valence-corrected chi connectivity index (χ3v) is 5.54. The predicted octanol–water partition coefficient (Wildman–Crippen LogP) is 6.02. The molecule has 190 valence electrons. The molecule has 0 N–H and O–H groups in total. The van der Waals surface area contributed by atoms with Crippen molar-refractivity contribution in [3.63, 3.8) is 0 Å². The highest BCUT2D eigenvalue weighted by atomic mass is 16.7. The van der Waals surface area contributed by atoms with Gasteiger partial charge in [-0.15, -0.1) is 0 Å². The standard InChI is InChI=1S/C31H24O7/c1-3-29(32)35-19-21-5-14-27(15-6-21)38-31(34)23-9-7-22(8-10-23)24-11-12-26-18-28(16-13-25(26)17-24)36-20-37-30(33)4-2/h3-18H,1-2,19-20H2. The topological polar surface area (TPSA) is 88.1 Å². The lowest BCUT2D eigenvalue weighted by atomic mass is 10.00. The summed E-state index contributed by atoms with van der Waals surface area (Å²) in [7, 11) is 0. The van der Waals surface area contributed by atoms with E-state index in [0.29, 0.717) is 17.1 Å². The number of ether oxygens (including phenoxy) is 4. The number of rotatable bonds is 10. The minimum absolute atomic E-state index is 0.109. The van der Waals surface area contributed by atoms with Crippen molar-refractivity contribution in [2.75, 3.05) is 6.79 Å². The number of carbonyl (C=O) groups is 3. The zero-order valence-electron chi connectivity index (χ0n) is 20.4. The summed E-state index contributed by atoms with van der Waals surface area (Å²) in [6, 6.07) is 25.4. The lowest BCUT2D eigenvalue weighted by Gasteiger charge is -2.09. The van der Waals surface area contributed by atoms with Crippen LogP contribution in [0, 0.1) is 0 Å². The van der Waals surface area contributed by atoms with Crippen molar-refractivity contribution < 1.29 is 33.3 Å². The largest absolute Gasteiger partial charge is 0.458 e. The third kappa shape index (κ3) is 6.73. The molecule has 0 radical (unpaired) electrons. The van der Waals surface area contributed by atoms with Crippen molar-refractivity contribution in [1.82, 2.24) is 0 Å². The van der Waals surface area contributed by atoms with Gasteiger partial charge >= 0.3 is 17.9 Å². The molecule has 0 amide bonds. The van der Waals surface area contributed by atoms with Crippen LogP contribution in [-0.4, -0.2) is 24.7 Å². The Morgan fingerprint density at radius 1 is 0.658 bits per heavy atom. The second kappa shape index (κ2) is 12.2. The van der Waals surface area contributed by atoms with Crippen molar-refractivity contribution in [2.24, 2.45) is 0 Å². The van der Waals surface area contributed by atoms with Crippen LogP contribution < -0.4 is 9.47 Å². The Balaban J connectivity index is 1.37. The molecule has 7 heteroatoms. The second-order valence-electron chi connectivity index (χ2n) is 8.08. The summed E-state index contributed by atoms with van der Waals surface area (Å²) in [5.41, 5.74) is 3.10. The summed E-state index contributed by atoms with van der Waals surface area (Å²) >= 11 is 0. The highest BCUT2D eigenvalue weighted by molar-refractivity contribution is 5.92. The zero-order valence-corrected chi connectivity index (χ0v) is 20.4. The van der Waals surface area contributed by atoms with Gasteiger partial charge in [0.25, 0.3) is 0 Å². The molecule has 4 rings (SSSR count). The van der Waals surface area contributed by atoms with Gasteiger partial charge in [-0.3, -0.25) is 0 Å². The summed E-state index contributed by atoms with van der Waals surface area (Å²) < 4.78 is 20.7. The highest BCUT2D eigenvalue weighted by Crippen LogP contribution is 2.27. The van der Waals surface area contributed by atoms with E-state index in [2.05, 4.69) is 13.2 Å². The maximum absolute atomic E-state index is 12.6. The lowest BCUT2D eigenvalue weighted by Crippen LogP contribution is -2.08. The van der Waals surface area contributed by atoms with Crippen LogP contribution in [0.2, 0.25) is 0 Å². The smallest absolute Gasteiger partial charge is 0.343 e. The number of fused-ring (bicyclic) bond motifs is 1. The Morgan fingerprint density at radius 3 is 1.97 bits per heavy atom. The number of hydrogen-bond acceptors (Lipinski definition) is 7. The van der Waals surface area contributed by atoms with Gasteiger partial charge in [-0.25, -0.2) is 14.4 Å². The van der Waals surface area contributed by atoms with E-state index in [1.807, 2.05) is 42.5 Å². The summed E-state index contributed by atoms with van der Waals surface area (Å²) in [5, 5.41) is 1.97. The van der Waals surface area contributed by atoms with E-state index >= 15 is 0 Å². The number of hydrogen-bond donors (Lipinski definition) is 0. The van der Waals surface area contributed by atoms with Crippen molar-refractivity contribution in [3.8, 4) is 22.6 Å². The van der Waals surface area contributed by atoms with Gasteiger partial charge in [0.1, 0.15) is 18.1 Å².